The fourth-order valence-electron chi connectivity index (χ4n) is 6.12. The van der Waals surface area contributed by atoms with Crippen LogP contribution in [-0.4, -0.2) is 13.0 Å². The second-order valence-electron chi connectivity index (χ2n) is 12.4. The van der Waals surface area contributed by atoms with Crippen molar-refractivity contribution in [3.8, 4) is 5.75 Å². The number of nitrogens with one attached hydrogen (secondary N) is 1. The van der Waals surface area contributed by atoms with E-state index in [0.29, 0.717) is 11.5 Å². The van der Waals surface area contributed by atoms with Crippen molar-refractivity contribution in [2.45, 2.75) is 92.4 Å². The van der Waals surface area contributed by atoms with Gasteiger partial charge in [-0.25, -0.2) is 0 Å². The van der Waals surface area contributed by atoms with Gasteiger partial charge in [0.15, 0.2) is 0 Å². The van der Waals surface area contributed by atoms with Gasteiger partial charge in [0.2, 0.25) is 0 Å². The molecule has 4 rings (SSSR count). The number of methoxy groups -OCH3 is 1. The maximum absolute atomic E-state index is 13.4. The van der Waals surface area contributed by atoms with Crippen LogP contribution in [-0.2, 0) is 6.42 Å². The minimum absolute atomic E-state index is 0.115. The molecule has 3 aromatic carbocycles. The molecule has 236 valence electrons. The molecule has 0 saturated heterocycles. The summed E-state index contributed by atoms with van der Waals surface area (Å²) < 4.78 is 5.94. The van der Waals surface area contributed by atoms with E-state index < -0.39 is 0 Å². The molecule has 0 bridgehead atoms. The van der Waals surface area contributed by atoms with Crippen molar-refractivity contribution in [2.24, 2.45) is 0 Å². The molecule has 1 amide bonds. The van der Waals surface area contributed by atoms with Gasteiger partial charge < -0.3 is 10.1 Å². The Morgan fingerprint density at radius 2 is 1.73 bits per heavy atom. The molecule has 1 aliphatic rings. The van der Waals surface area contributed by atoms with Crippen molar-refractivity contribution >= 4 is 22.7 Å². The Hall–Kier alpha value is -4.11. The predicted molar refractivity (Wildman–Crippen MR) is 193 cm³/mol. The van der Waals surface area contributed by atoms with Crippen molar-refractivity contribution < 1.29 is 9.53 Å². The highest BCUT2D eigenvalue weighted by molar-refractivity contribution is 6.04. The molecule has 3 aromatic rings. The molecule has 0 spiro atoms. The number of ether oxygens (including phenoxy) is 1. The van der Waals surface area contributed by atoms with Crippen LogP contribution in [0.1, 0.15) is 123 Å². The number of hydrogen-bond acceptors (Lipinski definition) is 2. The van der Waals surface area contributed by atoms with Gasteiger partial charge in [-0.05, 0) is 123 Å². The van der Waals surface area contributed by atoms with E-state index in [4.69, 9.17) is 4.74 Å². The van der Waals surface area contributed by atoms with Crippen LogP contribution < -0.4 is 10.1 Å². The molecule has 1 N–H and O–H groups in total. The highest BCUT2D eigenvalue weighted by Crippen LogP contribution is 2.45. The minimum atomic E-state index is -0.115. The summed E-state index contributed by atoms with van der Waals surface area (Å²) in [6.45, 7) is 13.1. The molecular formula is C42H51NO2. The van der Waals surface area contributed by atoms with Crippen LogP contribution in [0.5, 0.6) is 5.75 Å². The molecule has 0 heterocycles. The van der Waals surface area contributed by atoms with E-state index >= 15 is 0 Å². The molecule has 1 aliphatic carbocycles. The quantitative estimate of drug-likeness (QED) is 0.198. The zero-order valence-corrected chi connectivity index (χ0v) is 28.4. The molecule has 0 aromatic heterocycles. The Kier molecular flexibility index (Phi) is 12.2. The Balaban J connectivity index is 1.56. The predicted octanol–water partition coefficient (Wildman–Crippen LogP) is 11.6. The summed E-state index contributed by atoms with van der Waals surface area (Å²) >= 11 is 0. The lowest BCUT2D eigenvalue weighted by molar-refractivity contribution is 0.102. The number of rotatable bonds is 13. The normalized spacial score (nSPS) is 14.5. The zero-order chi connectivity index (χ0) is 32.3. The summed E-state index contributed by atoms with van der Waals surface area (Å²) in [5.41, 5.74) is 12.9. The monoisotopic (exact) mass is 601 g/mol. The smallest absolute Gasteiger partial charge is 0.255 e. The van der Waals surface area contributed by atoms with Gasteiger partial charge in [0.1, 0.15) is 5.75 Å². The number of anilines is 1. The summed E-state index contributed by atoms with van der Waals surface area (Å²) in [6, 6.07) is 18.9. The number of amides is 1. The van der Waals surface area contributed by atoms with Gasteiger partial charge in [0.05, 0.1) is 7.11 Å². The van der Waals surface area contributed by atoms with E-state index in [-0.39, 0.29) is 5.91 Å². The summed E-state index contributed by atoms with van der Waals surface area (Å²) in [4.78, 5) is 13.4. The molecule has 45 heavy (non-hydrogen) atoms. The maximum Gasteiger partial charge on any atom is 0.255 e. The fraction of sp³-hybridized carbons (Fsp3) is 0.357. The van der Waals surface area contributed by atoms with Crippen LogP contribution in [0.15, 0.2) is 90.6 Å². The molecule has 0 unspecified atom stereocenters. The molecule has 3 nitrogen and oxygen atoms in total. The van der Waals surface area contributed by atoms with Crippen molar-refractivity contribution in [3.63, 3.8) is 0 Å². The topological polar surface area (TPSA) is 38.3 Å². The molecule has 0 aliphatic heterocycles. The van der Waals surface area contributed by atoms with Gasteiger partial charge in [-0.3, -0.25) is 4.79 Å². The van der Waals surface area contributed by atoms with Gasteiger partial charge in [-0.15, -0.1) is 0 Å². The van der Waals surface area contributed by atoms with E-state index in [1.54, 1.807) is 7.11 Å². The van der Waals surface area contributed by atoms with Crippen molar-refractivity contribution in [2.75, 3.05) is 12.4 Å². The first-order chi connectivity index (χ1) is 21.8. The van der Waals surface area contributed by atoms with Gasteiger partial charge in [-0.1, -0.05) is 93.0 Å². The largest absolute Gasteiger partial charge is 0.496 e. The van der Waals surface area contributed by atoms with Crippen LogP contribution in [0.4, 0.5) is 5.69 Å². The average molecular weight is 602 g/mol. The minimum Gasteiger partial charge on any atom is -0.496 e. The Morgan fingerprint density at radius 1 is 1.00 bits per heavy atom. The summed E-state index contributed by atoms with van der Waals surface area (Å²) in [6.07, 6.45) is 18.3. The van der Waals surface area contributed by atoms with Gasteiger partial charge in [0, 0.05) is 22.9 Å². The number of benzene rings is 3. The third kappa shape index (κ3) is 8.54. The van der Waals surface area contributed by atoms with E-state index in [1.807, 2.05) is 25.1 Å². The van der Waals surface area contributed by atoms with Crippen molar-refractivity contribution in [3.05, 3.63) is 129 Å². The van der Waals surface area contributed by atoms with Crippen molar-refractivity contribution in [1.82, 2.24) is 0 Å². The van der Waals surface area contributed by atoms with Gasteiger partial charge in [0.25, 0.3) is 5.91 Å². The van der Waals surface area contributed by atoms with Crippen LogP contribution in [0.25, 0.3) is 11.1 Å². The number of carbonyl (C=O) groups excluding carboxylic acids is 1. The lowest BCUT2D eigenvalue weighted by Crippen LogP contribution is -2.15. The van der Waals surface area contributed by atoms with E-state index in [1.165, 1.54) is 45.4 Å². The molecule has 3 heteroatoms. The number of aryl methyl sites for hydroxylation is 1. The second-order valence-corrected chi connectivity index (χ2v) is 12.4. The summed E-state index contributed by atoms with van der Waals surface area (Å²) in [5, 5.41) is 3.17. The molecule has 0 radical (unpaired) electrons. The lowest BCUT2D eigenvalue weighted by atomic mass is 9.76. The highest BCUT2D eigenvalue weighted by atomic mass is 16.5. The molecular weight excluding hydrogens is 550 g/mol. The first kappa shape index (κ1) is 33.8. The average Bonchev–Trinajstić information content (AvgIpc) is 3.01. The number of allylic oxidation sites excluding steroid dienone is 8. The van der Waals surface area contributed by atoms with Gasteiger partial charge >= 0.3 is 0 Å². The number of carbonyl (C=O) groups is 1. The standard InChI is InChI=1S/C42H51NO2/c1-8-11-12-16-35(15-10-3)41-39(34-17-13-18-34)27-37(28-40(41)45-7)43-42(44)36-23-21-32(22-24-36)25-33-20-19-30(5)38(26-33)31(6)29(4)14-9-2/h10-12,15-16,19-24,26-28,34H,8-9,13-14,17-18,25H2,1-7H3,(H,43,44)/b12-11+,15-10-,31-29-,35-16+. The van der Waals surface area contributed by atoms with Crippen LogP contribution in [0.2, 0.25) is 0 Å². The maximum atomic E-state index is 13.4. The van der Waals surface area contributed by atoms with Crippen LogP contribution in [0, 0.1) is 6.92 Å². The first-order valence-electron chi connectivity index (χ1n) is 16.7. The third-order valence-corrected chi connectivity index (χ3v) is 9.03. The highest BCUT2D eigenvalue weighted by Gasteiger charge is 2.26. The number of hydrogen-bond donors (Lipinski definition) is 1. The van der Waals surface area contributed by atoms with Crippen LogP contribution in [0.3, 0.4) is 0 Å². The van der Waals surface area contributed by atoms with Crippen molar-refractivity contribution in [1.29, 1.82) is 0 Å². The lowest BCUT2D eigenvalue weighted by Gasteiger charge is -2.30. The van der Waals surface area contributed by atoms with E-state index in [2.05, 4.69) is 107 Å². The molecule has 1 saturated carbocycles. The molecule has 0 atom stereocenters. The molecule has 1 fully saturated rings. The zero-order valence-electron chi connectivity index (χ0n) is 28.4. The SMILES string of the molecule is C\C=C/C(=C\C=C\CC)c1c(OC)cc(NC(=O)c2ccc(Cc3ccc(C)c(/C(C)=C(/C)CCC)c3)cc2)cc1C1CCC1. The summed E-state index contributed by atoms with van der Waals surface area (Å²) in [7, 11) is 1.71. The van der Waals surface area contributed by atoms with Crippen LogP contribution >= 0.6 is 0 Å². The van der Waals surface area contributed by atoms with E-state index in [9.17, 15) is 4.79 Å². The Labute approximate surface area is 271 Å². The fourth-order valence-corrected chi connectivity index (χ4v) is 6.12. The first-order valence-corrected chi connectivity index (χ1v) is 16.7. The van der Waals surface area contributed by atoms with Gasteiger partial charge in [-0.2, -0.15) is 0 Å². The third-order valence-electron chi connectivity index (χ3n) is 9.03. The Morgan fingerprint density at radius 3 is 2.36 bits per heavy atom. The second kappa shape index (κ2) is 16.3. The van der Waals surface area contributed by atoms with E-state index in [0.717, 1.165) is 61.1 Å². The Bertz CT molecular complexity index is 1600. The summed E-state index contributed by atoms with van der Waals surface area (Å²) in [5.74, 6) is 1.13.